The van der Waals surface area contributed by atoms with Gasteiger partial charge in [-0.2, -0.15) is 0 Å². The van der Waals surface area contributed by atoms with Crippen molar-refractivity contribution in [3.63, 3.8) is 0 Å². The summed E-state index contributed by atoms with van der Waals surface area (Å²) < 4.78 is 31.7. The van der Waals surface area contributed by atoms with Crippen LogP contribution in [0.25, 0.3) is 0 Å². The largest absolute Gasteiger partial charge is 0.375 e. The molecule has 0 aliphatic heterocycles. The number of nitrogens with zero attached hydrogens (tertiary/aromatic N) is 1. The second kappa shape index (κ2) is 4.22. The van der Waals surface area contributed by atoms with E-state index in [4.69, 9.17) is 4.74 Å². The van der Waals surface area contributed by atoms with E-state index in [2.05, 4.69) is 0 Å². The van der Waals surface area contributed by atoms with Gasteiger partial charge in [0, 0.05) is 24.8 Å². The molecule has 1 aliphatic carbocycles. The monoisotopic (exact) mass is 235 g/mol. The van der Waals surface area contributed by atoms with Crippen LogP contribution in [0, 0.1) is 5.41 Å². The van der Waals surface area contributed by atoms with Crippen molar-refractivity contribution in [1.82, 2.24) is 4.90 Å². The molecule has 0 aromatic rings. The Hall–Kier alpha value is -0.220. The van der Waals surface area contributed by atoms with Crippen LogP contribution in [0.2, 0.25) is 0 Å². The zero-order valence-corrected chi connectivity index (χ0v) is 10.9. The average molecular weight is 235 g/mol. The van der Waals surface area contributed by atoms with E-state index in [1.807, 2.05) is 39.8 Å². The summed E-state index contributed by atoms with van der Waals surface area (Å²) in [6.07, 6.45) is -0.0947. The molecule has 0 atom stereocenters. The van der Waals surface area contributed by atoms with Crippen molar-refractivity contribution in [2.75, 3.05) is 27.2 Å². The third-order valence-corrected chi connectivity index (χ3v) is 2.73. The number of hydrogen-bond donors (Lipinski definition) is 0. The molecule has 0 radical (unpaired) electrons. The molecule has 0 aromatic carbocycles. The minimum atomic E-state index is -2.49. The normalized spacial score (nSPS) is 23.2. The zero-order valence-electron chi connectivity index (χ0n) is 10.9. The zero-order chi connectivity index (χ0) is 12.6. The lowest BCUT2D eigenvalue weighted by atomic mass is 9.66. The quantitative estimate of drug-likeness (QED) is 0.743. The minimum Gasteiger partial charge on any atom is -0.375 e. The summed E-state index contributed by atoms with van der Waals surface area (Å²) in [7, 11) is 3.82. The Balaban J connectivity index is 2.54. The first kappa shape index (κ1) is 13.8. The SMILES string of the molecule is CN(C)CC1(COC(C)(C)C)CC(F)(F)C1. The van der Waals surface area contributed by atoms with Crippen LogP contribution in [-0.4, -0.2) is 43.7 Å². The minimum absolute atomic E-state index is 0.0474. The Morgan fingerprint density at radius 3 is 2.00 bits per heavy atom. The first-order chi connectivity index (χ1) is 7.04. The summed E-state index contributed by atoms with van der Waals surface area (Å²) in [6.45, 7) is 6.94. The van der Waals surface area contributed by atoms with Gasteiger partial charge in [0.2, 0.25) is 5.92 Å². The van der Waals surface area contributed by atoms with E-state index in [1.165, 1.54) is 0 Å². The van der Waals surface area contributed by atoms with Gasteiger partial charge < -0.3 is 9.64 Å². The molecule has 4 heteroatoms. The highest BCUT2D eigenvalue weighted by Gasteiger charge is 2.56. The molecule has 1 rings (SSSR count). The van der Waals surface area contributed by atoms with Crippen LogP contribution in [-0.2, 0) is 4.74 Å². The first-order valence-corrected chi connectivity index (χ1v) is 5.70. The third kappa shape index (κ3) is 3.98. The second-order valence-electron chi connectivity index (χ2n) is 6.35. The summed E-state index contributed by atoms with van der Waals surface area (Å²) in [4.78, 5) is 1.96. The Morgan fingerprint density at radius 2 is 1.69 bits per heavy atom. The predicted octanol–water partition coefficient (Wildman–Crippen LogP) is 2.78. The molecular weight excluding hydrogens is 212 g/mol. The number of alkyl halides is 2. The van der Waals surface area contributed by atoms with Gasteiger partial charge in [-0.05, 0) is 34.9 Å². The third-order valence-electron chi connectivity index (χ3n) is 2.73. The van der Waals surface area contributed by atoms with E-state index in [1.54, 1.807) is 0 Å². The molecular formula is C12H23F2NO. The Labute approximate surface area is 97.0 Å². The van der Waals surface area contributed by atoms with Gasteiger partial charge in [0.1, 0.15) is 0 Å². The number of rotatable bonds is 4. The first-order valence-electron chi connectivity index (χ1n) is 5.70. The van der Waals surface area contributed by atoms with Crippen molar-refractivity contribution in [3.8, 4) is 0 Å². The fraction of sp³-hybridized carbons (Fsp3) is 1.00. The van der Waals surface area contributed by atoms with Crippen LogP contribution in [0.1, 0.15) is 33.6 Å². The highest BCUT2D eigenvalue weighted by atomic mass is 19.3. The molecule has 1 saturated carbocycles. The molecule has 0 spiro atoms. The Morgan fingerprint density at radius 1 is 1.19 bits per heavy atom. The van der Waals surface area contributed by atoms with Crippen LogP contribution in [0.5, 0.6) is 0 Å². The van der Waals surface area contributed by atoms with Crippen molar-refractivity contribution < 1.29 is 13.5 Å². The lowest BCUT2D eigenvalue weighted by Gasteiger charge is -2.49. The number of hydrogen-bond acceptors (Lipinski definition) is 2. The number of halogens is 2. The van der Waals surface area contributed by atoms with Crippen LogP contribution in [0.3, 0.4) is 0 Å². The maximum Gasteiger partial charge on any atom is 0.249 e. The van der Waals surface area contributed by atoms with Gasteiger partial charge in [-0.3, -0.25) is 0 Å². The molecule has 0 amide bonds. The second-order valence-corrected chi connectivity index (χ2v) is 6.35. The summed E-state index contributed by atoms with van der Waals surface area (Å²) in [5, 5.41) is 0. The summed E-state index contributed by atoms with van der Waals surface area (Å²) in [5.41, 5.74) is -0.621. The lowest BCUT2D eigenvalue weighted by Crippen LogP contribution is -2.54. The molecule has 2 nitrogen and oxygen atoms in total. The predicted molar refractivity (Wildman–Crippen MR) is 60.9 cm³/mol. The van der Waals surface area contributed by atoms with Gasteiger partial charge >= 0.3 is 0 Å². The van der Waals surface area contributed by atoms with Crippen LogP contribution in [0.15, 0.2) is 0 Å². The van der Waals surface area contributed by atoms with Gasteiger partial charge in [-0.15, -0.1) is 0 Å². The molecule has 96 valence electrons. The summed E-state index contributed by atoms with van der Waals surface area (Å²) >= 11 is 0. The van der Waals surface area contributed by atoms with Gasteiger partial charge in [-0.1, -0.05) is 0 Å². The van der Waals surface area contributed by atoms with E-state index in [0.29, 0.717) is 13.2 Å². The van der Waals surface area contributed by atoms with E-state index < -0.39 is 5.92 Å². The van der Waals surface area contributed by atoms with Crippen LogP contribution in [0.4, 0.5) is 8.78 Å². The molecule has 0 saturated heterocycles. The van der Waals surface area contributed by atoms with Gasteiger partial charge in [-0.25, -0.2) is 8.78 Å². The van der Waals surface area contributed by atoms with Gasteiger partial charge in [0.25, 0.3) is 0 Å². The molecule has 0 unspecified atom stereocenters. The van der Waals surface area contributed by atoms with Crippen LogP contribution < -0.4 is 0 Å². The Bertz CT molecular complexity index is 232. The summed E-state index contributed by atoms with van der Waals surface area (Å²) in [5.74, 6) is -2.49. The molecule has 1 aliphatic rings. The fourth-order valence-electron chi connectivity index (χ4n) is 2.35. The topological polar surface area (TPSA) is 12.5 Å². The van der Waals surface area contributed by atoms with Crippen molar-refractivity contribution in [1.29, 1.82) is 0 Å². The average Bonchev–Trinajstić information content (AvgIpc) is 1.94. The molecule has 16 heavy (non-hydrogen) atoms. The van der Waals surface area contributed by atoms with E-state index >= 15 is 0 Å². The molecule has 1 fully saturated rings. The van der Waals surface area contributed by atoms with E-state index in [0.717, 1.165) is 0 Å². The van der Waals surface area contributed by atoms with Crippen molar-refractivity contribution in [2.24, 2.45) is 5.41 Å². The standard InChI is InChI=1S/C12H23F2NO/c1-10(2,3)16-9-11(8-15(4)5)6-12(13,14)7-11/h6-9H2,1-5H3. The van der Waals surface area contributed by atoms with Crippen molar-refractivity contribution >= 4 is 0 Å². The fourth-order valence-corrected chi connectivity index (χ4v) is 2.35. The van der Waals surface area contributed by atoms with Crippen molar-refractivity contribution in [2.45, 2.75) is 45.1 Å². The number of ether oxygens (including phenoxy) is 1. The molecule has 0 heterocycles. The molecule has 0 aromatic heterocycles. The summed E-state index contributed by atoms with van der Waals surface area (Å²) in [6, 6.07) is 0. The van der Waals surface area contributed by atoms with E-state index in [9.17, 15) is 8.78 Å². The van der Waals surface area contributed by atoms with Crippen molar-refractivity contribution in [3.05, 3.63) is 0 Å². The maximum absolute atomic E-state index is 13.0. The highest BCUT2D eigenvalue weighted by Crippen LogP contribution is 2.52. The lowest BCUT2D eigenvalue weighted by molar-refractivity contribution is -0.200. The Kier molecular flexibility index (Phi) is 3.65. The highest BCUT2D eigenvalue weighted by molar-refractivity contribution is 5.00. The maximum atomic E-state index is 13.0. The van der Waals surface area contributed by atoms with Gasteiger partial charge in [0.15, 0.2) is 0 Å². The smallest absolute Gasteiger partial charge is 0.249 e. The molecule has 0 N–H and O–H groups in total. The van der Waals surface area contributed by atoms with E-state index in [-0.39, 0.29) is 23.9 Å². The molecule has 0 bridgehead atoms. The van der Waals surface area contributed by atoms with Crippen LogP contribution >= 0.6 is 0 Å². The van der Waals surface area contributed by atoms with Gasteiger partial charge in [0.05, 0.1) is 12.2 Å².